The molecule has 52 heavy (non-hydrogen) atoms. The van der Waals surface area contributed by atoms with Crippen molar-refractivity contribution in [1.29, 1.82) is 0 Å². The number of carbonyl (C=O) groups is 3. The number of aliphatic hydroxyl groups is 1. The minimum Gasteiger partial charge on any atom is -0.400 e. The molecule has 3 amide bonds. The van der Waals surface area contributed by atoms with Crippen molar-refractivity contribution >= 4 is 29.1 Å². The van der Waals surface area contributed by atoms with Crippen LogP contribution in [0, 0.1) is 18.8 Å². The van der Waals surface area contributed by atoms with Crippen molar-refractivity contribution in [3.05, 3.63) is 71.4 Å². The summed E-state index contributed by atoms with van der Waals surface area (Å²) in [5, 5.41) is 11.3. The molecule has 3 aliphatic rings. The summed E-state index contributed by atoms with van der Waals surface area (Å²) in [6, 6.07) is 17.0. The summed E-state index contributed by atoms with van der Waals surface area (Å²) < 4.78 is 7.84. The number of nitrogens with zero attached hydrogens (tertiary/aromatic N) is 3. The average Bonchev–Trinajstić information content (AvgIpc) is 3.87. The van der Waals surface area contributed by atoms with Gasteiger partial charge in [-0.15, -0.1) is 0 Å². The van der Waals surface area contributed by atoms with Gasteiger partial charge >= 0.3 is 0 Å². The molecule has 9 heteroatoms. The fourth-order valence-corrected chi connectivity index (χ4v) is 7.58. The smallest absolute Gasteiger partial charge is 0.253 e. The van der Waals surface area contributed by atoms with Crippen LogP contribution < -0.4 is 5.32 Å². The third-order valence-corrected chi connectivity index (χ3v) is 10.1. The van der Waals surface area contributed by atoms with E-state index in [0.717, 1.165) is 52.2 Å². The highest BCUT2D eigenvalue weighted by atomic mass is 16.5. The molecule has 292 valence electrons. The molecule has 2 aromatic carbocycles. The summed E-state index contributed by atoms with van der Waals surface area (Å²) in [6.07, 6.45) is 9.88. The monoisotopic (exact) mass is 723 g/mol. The molecule has 0 saturated carbocycles. The van der Waals surface area contributed by atoms with E-state index in [-0.39, 0.29) is 36.1 Å². The Labute approximate surface area is 315 Å². The molecular formula is C43H70N4O5. The zero-order valence-electron chi connectivity index (χ0n) is 34.3. The van der Waals surface area contributed by atoms with Crippen molar-refractivity contribution < 1.29 is 24.2 Å². The molecule has 9 nitrogen and oxygen atoms in total. The highest BCUT2D eigenvalue weighted by molar-refractivity contribution is 5.89. The molecule has 0 radical (unpaired) electrons. The Morgan fingerprint density at radius 2 is 1.69 bits per heavy atom. The molecule has 2 saturated heterocycles. The third-order valence-electron chi connectivity index (χ3n) is 10.1. The SMILES string of the molecule is CC.CC.CCCC1Cc2cn(C)c3cccc(c23)C1CC(CC)C(=O)NC.CO.C[C@H]1OC([C@@H]2CCCN2C=O)N(C)C1=O.Cc1ccccc1. The number of aromatic nitrogens is 1. The van der Waals surface area contributed by atoms with E-state index in [2.05, 4.69) is 74.2 Å². The lowest BCUT2D eigenvalue weighted by Gasteiger charge is -2.34. The molecular weight excluding hydrogens is 652 g/mol. The maximum absolute atomic E-state index is 12.3. The number of likely N-dealkylation sites (N-methyl/N-ethyl adjacent to an activating group) is 1. The van der Waals surface area contributed by atoms with Crippen molar-refractivity contribution in [2.75, 3.05) is 27.7 Å². The van der Waals surface area contributed by atoms with E-state index < -0.39 is 0 Å². The second kappa shape index (κ2) is 24.5. The first-order valence-electron chi connectivity index (χ1n) is 19.5. The zero-order valence-corrected chi connectivity index (χ0v) is 34.3. The Balaban J connectivity index is 0.000000410. The predicted molar refractivity (Wildman–Crippen MR) is 215 cm³/mol. The summed E-state index contributed by atoms with van der Waals surface area (Å²) in [6.45, 7) is 17.0. The lowest BCUT2D eigenvalue weighted by molar-refractivity contribution is -0.130. The molecule has 2 fully saturated rings. The Morgan fingerprint density at radius 3 is 2.19 bits per heavy atom. The van der Waals surface area contributed by atoms with E-state index in [1.54, 1.807) is 30.8 Å². The summed E-state index contributed by atoms with van der Waals surface area (Å²) in [5.74, 6) is 1.44. The first-order chi connectivity index (χ1) is 25.1. The number of hydrogen-bond acceptors (Lipinski definition) is 5. The summed E-state index contributed by atoms with van der Waals surface area (Å²) in [4.78, 5) is 38.0. The van der Waals surface area contributed by atoms with Gasteiger partial charge in [-0.2, -0.15) is 0 Å². The van der Waals surface area contributed by atoms with Crippen LogP contribution in [0.15, 0.2) is 54.7 Å². The number of nitrogens with one attached hydrogen (secondary N) is 1. The molecule has 1 aromatic heterocycles. The number of carbonyl (C=O) groups excluding carboxylic acids is 3. The number of benzene rings is 2. The van der Waals surface area contributed by atoms with Crippen molar-refractivity contribution in [2.45, 2.75) is 125 Å². The molecule has 2 aliphatic heterocycles. The number of amides is 3. The number of rotatable bonds is 8. The van der Waals surface area contributed by atoms with Gasteiger partial charge in [-0.1, -0.05) is 96.0 Å². The molecule has 0 bridgehead atoms. The van der Waals surface area contributed by atoms with E-state index in [9.17, 15) is 14.4 Å². The van der Waals surface area contributed by atoms with Crippen molar-refractivity contribution in [3.8, 4) is 0 Å². The normalized spacial score (nSPS) is 21.7. The minimum atomic E-state index is -0.380. The maximum Gasteiger partial charge on any atom is 0.253 e. The Kier molecular flexibility index (Phi) is 21.9. The molecule has 2 N–H and O–H groups in total. The molecule has 1 aliphatic carbocycles. The third kappa shape index (κ3) is 11.9. The van der Waals surface area contributed by atoms with E-state index in [0.29, 0.717) is 11.8 Å². The molecule has 0 spiro atoms. The van der Waals surface area contributed by atoms with Gasteiger partial charge in [0.05, 0.1) is 6.04 Å². The molecule has 6 rings (SSSR count). The largest absolute Gasteiger partial charge is 0.400 e. The first kappa shape index (κ1) is 46.3. The quantitative estimate of drug-likeness (QED) is 0.231. The van der Waals surface area contributed by atoms with Gasteiger partial charge in [0.15, 0.2) is 6.23 Å². The fourth-order valence-electron chi connectivity index (χ4n) is 7.58. The number of aliphatic hydroxyl groups excluding tert-OH is 1. The van der Waals surface area contributed by atoms with E-state index >= 15 is 0 Å². The Bertz CT molecular complexity index is 1460. The van der Waals surface area contributed by atoms with Crippen LogP contribution >= 0.6 is 0 Å². The second-order valence-electron chi connectivity index (χ2n) is 13.1. The van der Waals surface area contributed by atoms with Gasteiger partial charge in [0.1, 0.15) is 6.10 Å². The zero-order chi connectivity index (χ0) is 39.4. The van der Waals surface area contributed by atoms with Gasteiger partial charge in [0.2, 0.25) is 12.3 Å². The van der Waals surface area contributed by atoms with Crippen LogP contribution in [0.2, 0.25) is 0 Å². The predicted octanol–water partition coefficient (Wildman–Crippen LogP) is 7.86. The van der Waals surface area contributed by atoms with Gasteiger partial charge in [-0.3, -0.25) is 14.4 Å². The van der Waals surface area contributed by atoms with Crippen LogP contribution in [0.5, 0.6) is 0 Å². The Morgan fingerprint density at radius 1 is 1.04 bits per heavy atom. The van der Waals surface area contributed by atoms with Gasteiger partial charge in [-0.05, 0) is 81.4 Å². The number of hydrogen-bond donors (Lipinski definition) is 2. The topological polar surface area (TPSA) is 104 Å². The van der Waals surface area contributed by atoms with Crippen molar-refractivity contribution in [3.63, 3.8) is 0 Å². The van der Waals surface area contributed by atoms with E-state index in [4.69, 9.17) is 9.84 Å². The van der Waals surface area contributed by atoms with Gasteiger partial charge in [0.25, 0.3) is 5.91 Å². The van der Waals surface area contributed by atoms with Crippen LogP contribution in [-0.4, -0.2) is 83.8 Å². The van der Waals surface area contributed by atoms with Gasteiger partial charge in [0, 0.05) is 57.8 Å². The minimum absolute atomic E-state index is 0.00208. The summed E-state index contributed by atoms with van der Waals surface area (Å²) in [7, 11) is 6.63. The molecule has 3 heterocycles. The highest BCUT2D eigenvalue weighted by Gasteiger charge is 2.43. The summed E-state index contributed by atoms with van der Waals surface area (Å²) >= 11 is 0. The second-order valence-corrected chi connectivity index (χ2v) is 13.1. The van der Waals surface area contributed by atoms with E-state index in [1.807, 2.05) is 45.9 Å². The lowest BCUT2D eigenvalue weighted by atomic mass is 9.70. The van der Waals surface area contributed by atoms with Gasteiger partial charge in [-0.25, -0.2) is 0 Å². The molecule has 4 unspecified atom stereocenters. The average molecular weight is 723 g/mol. The van der Waals surface area contributed by atoms with Crippen LogP contribution in [0.3, 0.4) is 0 Å². The molecule has 3 aromatic rings. The number of ether oxygens (including phenoxy) is 1. The highest BCUT2D eigenvalue weighted by Crippen LogP contribution is 2.45. The fraction of sp³-hybridized carbons (Fsp3) is 0.605. The van der Waals surface area contributed by atoms with Crippen molar-refractivity contribution in [1.82, 2.24) is 19.7 Å². The number of aryl methyl sites for hydroxylation is 2. The maximum atomic E-state index is 12.3. The van der Waals surface area contributed by atoms with Crippen LogP contribution in [-0.2, 0) is 32.6 Å². The lowest BCUT2D eigenvalue weighted by Crippen LogP contribution is -2.45. The van der Waals surface area contributed by atoms with Gasteiger partial charge < -0.3 is 29.5 Å². The van der Waals surface area contributed by atoms with Crippen LogP contribution in [0.25, 0.3) is 10.9 Å². The van der Waals surface area contributed by atoms with E-state index in [1.165, 1.54) is 40.4 Å². The van der Waals surface area contributed by atoms with Crippen LogP contribution in [0.1, 0.15) is 110 Å². The summed E-state index contributed by atoms with van der Waals surface area (Å²) in [5.41, 5.74) is 5.61. The first-order valence-corrected chi connectivity index (χ1v) is 19.5. The molecule has 6 atom stereocenters. The van der Waals surface area contributed by atoms with Crippen LogP contribution in [0.4, 0.5) is 0 Å². The Hall–Kier alpha value is -3.69. The standard InChI is InChI=1S/C21H30N2O.C10H16N2O3.C7H8.2C2H6.CH4O/c1-5-8-15-11-16-13-23(4)19-10-7-9-17(20(16)19)18(15)12-14(6-2)21(24)22-3;1-7-9(14)11(2)10(15-7)8-4-3-5-12(8)6-13;1-7-5-3-2-4-6-7;3*1-2/h7,9-10,13-15,18H,5-6,8,11-12H2,1-4H3,(H,22,24);6-8,10H,3-5H2,1-2H3;2-6H,1H3;2*1-2H3;2H,1H3/t;7-,8+,10?;;;;/m.1..../s1. The number of likely N-dealkylation sites (tertiary alicyclic amines) is 1. The van der Waals surface area contributed by atoms with Crippen molar-refractivity contribution in [2.24, 2.45) is 18.9 Å².